The van der Waals surface area contributed by atoms with Crippen molar-refractivity contribution in [2.75, 3.05) is 6.54 Å². The molecule has 1 aliphatic rings. The first-order chi connectivity index (χ1) is 12.8. The van der Waals surface area contributed by atoms with E-state index in [-0.39, 0.29) is 0 Å². The number of rotatable bonds is 3. The first-order valence-corrected chi connectivity index (χ1v) is 8.60. The van der Waals surface area contributed by atoms with Crippen LogP contribution in [0.15, 0.2) is 55.5 Å². The van der Waals surface area contributed by atoms with Gasteiger partial charge in [-0.15, -0.1) is 0 Å². The van der Waals surface area contributed by atoms with Gasteiger partial charge in [-0.3, -0.25) is 4.90 Å². The Bertz CT molecular complexity index is 1020. The third-order valence-corrected chi connectivity index (χ3v) is 4.63. The average molecular weight is 343 g/mol. The van der Waals surface area contributed by atoms with Gasteiger partial charge in [0.25, 0.3) is 0 Å². The van der Waals surface area contributed by atoms with E-state index in [1.54, 1.807) is 12.4 Å². The molecule has 0 amide bonds. The highest BCUT2D eigenvalue weighted by molar-refractivity contribution is 5.52. The Balaban J connectivity index is 1.35. The molecule has 4 aromatic heterocycles. The van der Waals surface area contributed by atoms with Crippen LogP contribution in [-0.4, -0.2) is 40.8 Å². The van der Waals surface area contributed by atoms with E-state index in [4.69, 9.17) is 9.97 Å². The SMILES string of the molecule is c1ccn2cc(CN3CCc4nc(-c5cncnc5)ncc4C3)nc2c1. The standard InChI is InChI=1S/C19H17N7/c1-2-5-26-12-16(23-18(26)3-1)11-25-6-4-17-15(10-25)9-22-19(24-17)14-7-20-13-21-8-14/h1-3,5,7-9,12-13H,4,6,10-11H2. The number of nitrogens with zero attached hydrogens (tertiary/aromatic N) is 7. The zero-order chi connectivity index (χ0) is 17.3. The molecule has 0 bridgehead atoms. The molecule has 0 fully saturated rings. The van der Waals surface area contributed by atoms with Gasteiger partial charge in [-0.2, -0.15) is 0 Å². The second kappa shape index (κ2) is 6.27. The fourth-order valence-electron chi connectivity index (χ4n) is 3.36. The van der Waals surface area contributed by atoms with Gasteiger partial charge in [-0.1, -0.05) is 6.07 Å². The first kappa shape index (κ1) is 15.1. The molecule has 5 rings (SSSR count). The summed E-state index contributed by atoms with van der Waals surface area (Å²) in [6, 6.07) is 6.05. The molecule has 0 aliphatic carbocycles. The molecule has 0 saturated heterocycles. The maximum atomic E-state index is 4.72. The molecule has 4 aromatic rings. The van der Waals surface area contributed by atoms with Crippen LogP contribution >= 0.6 is 0 Å². The van der Waals surface area contributed by atoms with Gasteiger partial charge < -0.3 is 4.40 Å². The van der Waals surface area contributed by atoms with Crippen molar-refractivity contribution in [3.63, 3.8) is 0 Å². The molecule has 7 nitrogen and oxygen atoms in total. The number of hydrogen-bond acceptors (Lipinski definition) is 6. The zero-order valence-corrected chi connectivity index (χ0v) is 14.2. The third kappa shape index (κ3) is 2.82. The molecule has 26 heavy (non-hydrogen) atoms. The molecule has 7 heteroatoms. The Morgan fingerprint density at radius 3 is 2.85 bits per heavy atom. The minimum absolute atomic E-state index is 0.693. The van der Waals surface area contributed by atoms with Gasteiger partial charge in [-0.25, -0.2) is 24.9 Å². The maximum Gasteiger partial charge on any atom is 0.162 e. The second-order valence-corrected chi connectivity index (χ2v) is 6.45. The third-order valence-electron chi connectivity index (χ3n) is 4.63. The van der Waals surface area contributed by atoms with Crippen LogP contribution in [-0.2, 0) is 19.5 Å². The minimum atomic E-state index is 0.693. The fraction of sp³-hybridized carbons (Fsp3) is 0.211. The van der Waals surface area contributed by atoms with Crippen LogP contribution in [0.5, 0.6) is 0 Å². The van der Waals surface area contributed by atoms with Crippen molar-refractivity contribution in [1.82, 2.24) is 34.2 Å². The number of imidazole rings is 1. The zero-order valence-electron chi connectivity index (χ0n) is 14.2. The summed E-state index contributed by atoms with van der Waals surface area (Å²) in [7, 11) is 0. The molecule has 0 spiro atoms. The van der Waals surface area contributed by atoms with E-state index in [1.165, 1.54) is 11.9 Å². The van der Waals surface area contributed by atoms with Crippen LogP contribution < -0.4 is 0 Å². The Hall–Kier alpha value is -3.19. The fourth-order valence-corrected chi connectivity index (χ4v) is 3.36. The number of pyridine rings is 1. The van der Waals surface area contributed by atoms with E-state index >= 15 is 0 Å². The Kier molecular flexibility index (Phi) is 3.64. The maximum absolute atomic E-state index is 4.72. The summed E-state index contributed by atoms with van der Waals surface area (Å²) >= 11 is 0. The number of fused-ring (bicyclic) bond motifs is 2. The minimum Gasteiger partial charge on any atom is -0.307 e. The quantitative estimate of drug-likeness (QED) is 0.567. The molecule has 128 valence electrons. The average Bonchev–Trinajstić information content (AvgIpc) is 3.10. The molecule has 1 aliphatic heterocycles. The van der Waals surface area contributed by atoms with Crippen LogP contribution in [0, 0.1) is 0 Å². The summed E-state index contributed by atoms with van der Waals surface area (Å²) in [5, 5.41) is 0. The monoisotopic (exact) mass is 343 g/mol. The van der Waals surface area contributed by atoms with Crippen molar-refractivity contribution in [1.29, 1.82) is 0 Å². The van der Waals surface area contributed by atoms with Gasteiger partial charge in [0, 0.05) is 62.6 Å². The molecule has 0 aromatic carbocycles. The molecular formula is C19H17N7. The molecule has 0 N–H and O–H groups in total. The van der Waals surface area contributed by atoms with E-state index in [0.717, 1.165) is 48.7 Å². The lowest BCUT2D eigenvalue weighted by molar-refractivity contribution is 0.240. The lowest BCUT2D eigenvalue weighted by atomic mass is 10.1. The van der Waals surface area contributed by atoms with E-state index in [1.807, 2.05) is 30.6 Å². The van der Waals surface area contributed by atoms with Gasteiger partial charge in [0.1, 0.15) is 12.0 Å². The smallest absolute Gasteiger partial charge is 0.162 e. The van der Waals surface area contributed by atoms with Gasteiger partial charge in [-0.05, 0) is 12.1 Å². The predicted molar refractivity (Wildman–Crippen MR) is 96.1 cm³/mol. The van der Waals surface area contributed by atoms with Gasteiger partial charge in [0.2, 0.25) is 0 Å². The predicted octanol–water partition coefficient (Wildman–Crippen LogP) is 2.14. The Labute approximate surface area is 150 Å². The van der Waals surface area contributed by atoms with Gasteiger partial charge in [0.05, 0.1) is 17.0 Å². The summed E-state index contributed by atoms with van der Waals surface area (Å²) in [5.41, 5.74) is 5.21. The first-order valence-electron chi connectivity index (χ1n) is 8.60. The van der Waals surface area contributed by atoms with Crippen molar-refractivity contribution in [2.45, 2.75) is 19.5 Å². The van der Waals surface area contributed by atoms with Crippen molar-refractivity contribution >= 4 is 5.65 Å². The Morgan fingerprint density at radius 1 is 1.04 bits per heavy atom. The highest BCUT2D eigenvalue weighted by atomic mass is 15.2. The highest BCUT2D eigenvalue weighted by Gasteiger charge is 2.19. The van der Waals surface area contributed by atoms with E-state index in [2.05, 4.69) is 30.4 Å². The lowest BCUT2D eigenvalue weighted by Crippen LogP contribution is -2.31. The second-order valence-electron chi connectivity index (χ2n) is 6.45. The molecule has 0 atom stereocenters. The van der Waals surface area contributed by atoms with Crippen LogP contribution in [0.25, 0.3) is 17.0 Å². The normalized spacial score (nSPS) is 14.5. The number of hydrogen-bond donors (Lipinski definition) is 0. The summed E-state index contributed by atoms with van der Waals surface area (Å²) < 4.78 is 2.06. The largest absolute Gasteiger partial charge is 0.307 e. The van der Waals surface area contributed by atoms with Crippen LogP contribution in [0.2, 0.25) is 0 Å². The van der Waals surface area contributed by atoms with E-state index in [9.17, 15) is 0 Å². The summed E-state index contributed by atoms with van der Waals surface area (Å²) in [5.74, 6) is 0.693. The van der Waals surface area contributed by atoms with Crippen molar-refractivity contribution < 1.29 is 0 Å². The summed E-state index contributed by atoms with van der Waals surface area (Å²) in [6.45, 7) is 2.63. The molecule has 0 saturated carbocycles. The molecule has 0 radical (unpaired) electrons. The van der Waals surface area contributed by atoms with Crippen molar-refractivity contribution in [2.24, 2.45) is 0 Å². The Morgan fingerprint density at radius 2 is 1.96 bits per heavy atom. The van der Waals surface area contributed by atoms with Crippen LogP contribution in [0.1, 0.15) is 17.0 Å². The lowest BCUT2D eigenvalue weighted by Gasteiger charge is -2.27. The van der Waals surface area contributed by atoms with Crippen molar-refractivity contribution in [3.05, 3.63) is 72.5 Å². The van der Waals surface area contributed by atoms with Gasteiger partial charge in [0.15, 0.2) is 5.82 Å². The number of aromatic nitrogens is 6. The van der Waals surface area contributed by atoms with Gasteiger partial charge >= 0.3 is 0 Å². The van der Waals surface area contributed by atoms with E-state index < -0.39 is 0 Å². The van der Waals surface area contributed by atoms with Crippen LogP contribution in [0.3, 0.4) is 0 Å². The topological polar surface area (TPSA) is 72.1 Å². The summed E-state index contributed by atoms with van der Waals surface area (Å²) in [4.78, 5) is 24.4. The highest BCUT2D eigenvalue weighted by Crippen LogP contribution is 2.21. The molecular weight excluding hydrogens is 326 g/mol. The molecule has 5 heterocycles. The van der Waals surface area contributed by atoms with E-state index in [0.29, 0.717) is 5.82 Å². The van der Waals surface area contributed by atoms with Crippen molar-refractivity contribution in [3.8, 4) is 11.4 Å². The molecule has 0 unspecified atom stereocenters. The van der Waals surface area contributed by atoms with Crippen LogP contribution in [0.4, 0.5) is 0 Å². The summed E-state index contributed by atoms with van der Waals surface area (Å²) in [6.07, 6.45) is 12.0.